The van der Waals surface area contributed by atoms with Gasteiger partial charge < -0.3 is 19.9 Å². The molecule has 1 amide bonds. The number of hydrogen-bond acceptors (Lipinski definition) is 5. The molecule has 7 heteroatoms. The number of rotatable bonds is 4. The highest BCUT2D eigenvalue weighted by Gasteiger charge is 2.27. The van der Waals surface area contributed by atoms with Gasteiger partial charge in [0.1, 0.15) is 16.9 Å². The Bertz CT molecular complexity index is 994. The van der Waals surface area contributed by atoms with Crippen molar-refractivity contribution in [3.8, 4) is 11.5 Å². The molecule has 1 aromatic carbocycles. The highest BCUT2D eigenvalue weighted by molar-refractivity contribution is 5.94. The topological polar surface area (TPSA) is 85.1 Å². The van der Waals surface area contributed by atoms with Gasteiger partial charge in [-0.15, -0.1) is 0 Å². The standard InChI is InChI=1S/C19H19N3O4/c1-12-17(22-8-4-3-5-16(22)21-12)18(23)20-10-19(2,24)13-6-7-14-15(9-13)26-11-25-14/h3-9,24H,10-11H2,1-2H3,(H,20,23). The molecule has 0 saturated heterocycles. The quantitative estimate of drug-likeness (QED) is 0.749. The Kier molecular flexibility index (Phi) is 3.81. The van der Waals surface area contributed by atoms with E-state index in [9.17, 15) is 9.90 Å². The largest absolute Gasteiger partial charge is 0.454 e. The molecule has 3 aromatic rings. The molecule has 134 valence electrons. The molecule has 1 aliphatic rings. The van der Waals surface area contributed by atoms with Crippen molar-refractivity contribution in [3.05, 3.63) is 59.5 Å². The van der Waals surface area contributed by atoms with E-state index in [1.165, 1.54) is 0 Å². The van der Waals surface area contributed by atoms with Gasteiger partial charge in [-0.3, -0.25) is 9.20 Å². The summed E-state index contributed by atoms with van der Waals surface area (Å²) < 4.78 is 12.4. The molecule has 0 spiro atoms. The average molecular weight is 353 g/mol. The molecular weight excluding hydrogens is 334 g/mol. The number of imidazole rings is 1. The van der Waals surface area contributed by atoms with Crippen LogP contribution in [0.5, 0.6) is 11.5 Å². The SMILES string of the molecule is Cc1nc2ccccn2c1C(=O)NCC(C)(O)c1ccc2c(c1)OCO2. The highest BCUT2D eigenvalue weighted by atomic mass is 16.7. The van der Waals surface area contributed by atoms with Crippen molar-refractivity contribution < 1.29 is 19.4 Å². The molecule has 7 nitrogen and oxygen atoms in total. The van der Waals surface area contributed by atoms with Crippen LogP contribution in [-0.4, -0.2) is 33.7 Å². The van der Waals surface area contributed by atoms with E-state index in [4.69, 9.17) is 9.47 Å². The second kappa shape index (κ2) is 6.03. The van der Waals surface area contributed by atoms with Gasteiger partial charge >= 0.3 is 0 Å². The minimum Gasteiger partial charge on any atom is -0.454 e. The predicted octanol–water partition coefficient (Wildman–Crippen LogP) is 2.01. The molecular formula is C19H19N3O4. The average Bonchev–Trinajstić information content (AvgIpc) is 3.22. The summed E-state index contributed by atoms with van der Waals surface area (Å²) in [7, 11) is 0. The van der Waals surface area contributed by atoms with Gasteiger partial charge in [0, 0.05) is 6.20 Å². The summed E-state index contributed by atoms with van der Waals surface area (Å²) in [5.74, 6) is 0.948. The molecule has 0 saturated carbocycles. The summed E-state index contributed by atoms with van der Waals surface area (Å²) >= 11 is 0. The monoisotopic (exact) mass is 353 g/mol. The number of carbonyl (C=O) groups excluding carboxylic acids is 1. The Morgan fingerprint density at radius 2 is 2.12 bits per heavy atom. The fourth-order valence-electron chi connectivity index (χ4n) is 3.06. The van der Waals surface area contributed by atoms with E-state index in [2.05, 4.69) is 10.3 Å². The number of amides is 1. The van der Waals surface area contributed by atoms with Crippen molar-refractivity contribution in [2.75, 3.05) is 13.3 Å². The zero-order valence-corrected chi connectivity index (χ0v) is 14.5. The second-order valence-electron chi connectivity index (χ2n) is 6.50. The number of benzene rings is 1. The number of nitrogens with one attached hydrogen (secondary N) is 1. The van der Waals surface area contributed by atoms with Gasteiger partial charge in [-0.1, -0.05) is 12.1 Å². The summed E-state index contributed by atoms with van der Waals surface area (Å²) in [6, 6.07) is 10.8. The van der Waals surface area contributed by atoms with Crippen LogP contribution in [-0.2, 0) is 5.60 Å². The zero-order valence-electron chi connectivity index (χ0n) is 14.5. The van der Waals surface area contributed by atoms with Crippen molar-refractivity contribution in [1.29, 1.82) is 0 Å². The van der Waals surface area contributed by atoms with Crippen LogP contribution in [0.3, 0.4) is 0 Å². The third-order valence-corrected chi connectivity index (χ3v) is 4.51. The van der Waals surface area contributed by atoms with E-state index >= 15 is 0 Å². The van der Waals surface area contributed by atoms with E-state index in [1.807, 2.05) is 18.2 Å². The summed E-state index contributed by atoms with van der Waals surface area (Å²) in [5.41, 5.74) is 1.18. The van der Waals surface area contributed by atoms with E-state index in [0.29, 0.717) is 34.1 Å². The molecule has 0 radical (unpaired) electrons. The number of hydrogen-bond donors (Lipinski definition) is 2. The number of nitrogens with zero attached hydrogens (tertiary/aromatic N) is 2. The third kappa shape index (κ3) is 2.76. The number of aromatic nitrogens is 2. The first-order chi connectivity index (χ1) is 12.5. The van der Waals surface area contributed by atoms with E-state index in [1.54, 1.807) is 42.6 Å². The van der Waals surface area contributed by atoms with Gasteiger partial charge in [0.2, 0.25) is 6.79 Å². The fourth-order valence-corrected chi connectivity index (χ4v) is 3.06. The lowest BCUT2D eigenvalue weighted by molar-refractivity contribution is 0.0523. The van der Waals surface area contributed by atoms with Gasteiger partial charge in [-0.25, -0.2) is 4.98 Å². The fraction of sp³-hybridized carbons (Fsp3) is 0.263. The molecule has 0 aliphatic carbocycles. The summed E-state index contributed by atoms with van der Waals surface area (Å²) in [6.45, 7) is 3.65. The van der Waals surface area contributed by atoms with Crippen LogP contribution in [0.25, 0.3) is 5.65 Å². The molecule has 1 unspecified atom stereocenters. The Balaban J connectivity index is 1.54. The maximum Gasteiger partial charge on any atom is 0.270 e. The number of fused-ring (bicyclic) bond motifs is 2. The zero-order chi connectivity index (χ0) is 18.3. The van der Waals surface area contributed by atoms with E-state index < -0.39 is 5.60 Å². The highest BCUT2D eigenvalue weighted by Crippen LogP contribution is 2.35. The van der Waals surface area contributed by atoms with Crippen LogP contribution in [0, 0.1) is 6.92 Å². The van der Waals surface area contributed by atoms with Crippen LogP contribution < -0.4 is 14.8 Å². The Hall–Kier alpha value is -3.06. The molecule has 0 fully saturated rings. The van der Waals surface area contributed by atoms with Crippen molar-refractivity contribution >= 4 is 11.6 Å². The van der Waals surface area contributed by atoms with Gasteiger partial charge in [-0.05, 0) is 43.7 Å². The van der Waals surface area contributed by atoms with Crippen molar-refractivity contribution in [1.82, 2.24) is 14.7 Å². The number of carbonyl (C=O) groups is 1. The summed E-state index contributed by atoms with van der Waals surface area (Å²) in [4.78, 5) is 17.1. The van der Waals surface area contributed by atoms with Crippen LogP contribution in [0.15, 0.2) is 42.6 Å². The molecule has 0 bridgehead atoms. The van der Waals surface area contributed by atoms with Crippen LogP contribution in [0.2, 0.25) is 0 Å². The van der Waals surface area contributed by atoms with Crippen molar-refractivity contribution in [2.24, 2.45) is 0 Å². The molecule has 1 aliphatic heterocycles. The predicted molar refractivity (Wildman–Crippen MR) is 94.4 cm³/mol. The maximum absolute atomic E-state index is 12.7. The molecule has 2 aromatic heterocycles. The normalized spacial score (nSPS) is 15.0. The van der Waals surface area contributed by atoms with Gasteiger partial charge in [0.15, 0.2) is 11.5 Å². The first kappa shape index (κ1) is 16.4. The number of aryl methyl sites for hydroxylation is 1. The lowest BCUT2D eigenvalue weighted by Gasteiger charge is -2.24. The molecule has 2 N–H and O–H groups in total. The van der Waals surface area contributed by atoms with E-state index in [0.717, 1.165) is 0 Å². The lowest BCUT2D eigenvalue weighted by atomic mass is 9.95. The summed E-state index contributed by atoms with van der Waals surface area (Å²) in [5, 5.41) is 13.6. The van der Waals surface area contributed by atoms with Crippen molar-refractivity contribution in [2.45, 2.75) is 19.4 Å². The molecule has 1 atom stereocenters. The van der Waals surface area contributed by atoms with Gasteiger partial charge in [-0.2, -0.15) is 0 Å². The lowest BCUT2D eigenvalue weighted by Crippen LogP contribution is -2.39. The molecule has 4 rings (SSSR count). The van der Waals surface area contributed by atoms with Crippen LogP contribution >= 0.6 is 0 Å². The number of ether oxygens (including phenoxy) is 2. The minimum absolute atomic E-state index is 0.0466. The van der Waals surface area contributed by atoms with Crippen LogP contribution in [0.1, 0.15) is 28.7 Å². The van der Waals surface area contributed by atoms with Gasteiger partial charge in [0.05, 0.1) is 12.2 Å². The first-order valence-corrected chi connectivity index (χ1v) is 8.30. The smallest absolute Gasteiger partial charge is 0.270 e. The van der Waals surface area contributed by atoms with Gasteiger partial charge in [0.25, 0.3) is 5.91 Å². The van der Waals surface area contributed by atoms with Crippen molar-refractivity contribution in [3.63, 3.8) is 0 Å². The Morgan fingerprint density at radius 3 is 2.96 bits per heavy atom. The molecule has 26 heavy (non-hydrogen) atoms. The minimum atomic E-state index is -1.26. The summed E-state index contributed by atoms with van der Waals surface area (Å²) in [6.07, 6.45) is 1.79. The second-order valence-corrected chi connectivity index (χ2v) is 6.50. The Morgan fingerprint density at radius 1 is 1.31 bits per heavy atom. The maximum atomic E-state index is 12.7. The number of pyridine rings is 1. The van der Waals surface area contributed by atoms with E-state index in [-0.39, 0.29) is 19.2 Å². The molecule has 3 heterocycles. The first-order valence-electron chi connectivity index (χ1n) is 8.30. The third-order valence-electron chi connectivity index (χ3n) is 4.51. The Labute approximate surface area is 150 Å². The number of aliphatic hydroxyl groups is 1. The van der Waals surface area contributed by atoms with Crippen LogP contribution in [0.4, 0.5) is 0 Å².